The van der Waals surface area contributed by atoms with E-state index in [2.05, 4.69) is 30.3 Å². The molecule has 2 heterocycles. The number of aliphatic hydroxyl groups is 1. The van der Waals surface area contributed by atoms with Gasteiger partial charge in [0.25, 0.3) is 0 Å². The monoisotopic (exact) mass is 420 g/mol. The summed E-state index contributed by atoms with van der Waals surface area (Å²) in [7, 11) is 0. The van der Waals surface area contributed by atoms with Crippen LogP contribution in [-0.4, -0.2) is 14.7 Å². The van der Waals surface area contributed by atoms with Gasteiger partial charge in [-0.25, -0.2) is 0 Å². The molecule has 3 nitrogen and oxygen atoms in total. The number of aliphatic hydroxyl groups excluding tert-OH is 1. The average Bonchev–Trinajstić information content (AvgIpc) is 2.91. The number of aromatic nitrogens is 2. The predicted molar refractivity (Wildman–Crippen MR) is 113 cm³/mol. The quantitative estimate of drug-likeness (QED) is 0.507. The third-order valence-electron chi connectivity index (χ3n) is 4.57. The summed E-state index contributed by atoms with van der Waals surface area (Å²) in [6.07, 6.45) is 3.59. The van der Waals surface area contributed by atoms with E-state index in [9.17, 15) is 5.11 Å². The second-order valence-corrected chi connectivity index (χ2v) is 8.59. The molecular weight excluding hydrogens is 399 g/mol. The van der Waals surface area contributed by atoms with Gasteiger partial charge in [-0.2, -0.15) is 0 Å². The highest BCUT2D eigenvalue weighted by molar-refractivity contribution is 7.99. The van der Waals surface area contributed by atoms with Crippen LogP contribution in [0.25, 0.3) is 0 Å². The molecule has 2 aromatic heterocycles. The van der Waals surface area contributed by atoms with E-state index in [-0.39, 0.29) is 12.5 Å². The van der Waals surface area contributed by atoms with Gasteiger partial charge in [0.1, 0.15) is 0 Å². The lowest BCUT2D eigenvalue weighted by atomic mass is 10.0. The Hall–Kier alpha value is -1.46. The van der Waals surface area contributed by atoms with Gasteiger partial charge in [0, 0.05) is 40.1 Å². The Kier molecular flexibility index (Phi) is 6.53. The topological polar surface area (TPSA) is 38.0 Å². The molecule has 0 aliphatic carbocycles. The highest BCUT2D eigenvalue weighted by Crippen LogP contribution is 2.42. The van der Waals surface area contributed by atoms with E-state index in [1.807, 2.05) is 24.3 Å². The molecule has 27 heavy (non-hydrogen) atoms. The number of pyridine rings is 1. The summed E-state index contributed by atoms with van der Waals surface area (Å²) in [5.74, 6) is 0.269. The molecule has 0 saturated heterocycles. The first-order chi connectivity index (χ1) is 12.9. The van der Waals surface area contributed by atoms with Crippen molar-refractivity contribution in [2.24, 2.45) is 0 Å². The zero-order valence-electron chi connectivity index (χ0n) is 15.5. The number of benzene rings is 1. The number of nitrogens with zero attached hydrogens (tertiary/aromatic N) is 2. The first-order valence-corrected chi connectivity index (χ1v) is 10.3. The van der Waals surface area contributed by atoms with Crippen molar-refractivity contribution in [2.75, 3.05) is 0 Å². The molecule has 0 amide bonds. The largest absolute Gasteiger partial charge is 0.392 e. The molecular formula is C21H22Cl2N2OS. The van der Waals surface area contributed by atoms with Crippen molar-refractivity contribution in [2.45, 2.75) is 49.8 Å². The van der Waals surface area contributed by atoms with Crippen molar-refractivity contribution in [3.8, 4) is 0 Å². The van der Waals surface area contributed by atoms with Crippen LogP contribution in [0.4, 0.5) is 0 Å². The van der Waals surface area contributed by atoms with Crippen LogP contribution in [0.2, 0.25) is 10.0 Å². The second-order valence-electron chi connectivity index (χ2n) is 6.71. The second kappa shape index (κ2) is 8.70. The third kappa shape index (κ3) is 4.35. The summed E-state index contributed by atoms with van der Waals surface area (Å²) >= 11 is 14.2. The predicted octanol–water partition coefficient (Wildman–Crippen LogP) is 6.31. The van der Waals surface area contributed by atoms with E-state index in [0.29, 0.717) is 16.6 Å². The smallest absolute Gasteiger partial charge is 0.0841 e. The molecule has 0 radical (unpaired) electrons. The normalized spacial score (nSPS) is 11.4. The fourth-order valence-electron chi connectivity index (χ4n) is 3.21. The minimum absolute atomic E-state index is 0.0134. The average molecular weight is 421 g/mol. The molecule has 0 bridgehead atoms. The van der Waals surface area contributed by atoms with Crippen molar-refractivity contribution in [1.29, 1.82) is 0 Å². The fourth-order valence-corrected chi connectivity index (χ4v) is 5.02. The van der Waals surface area contributed by atoms with Crippen molar-refractivity contribution < 1.29 is 5.11 Å². The maximum absolute atomic E-state index is 10.0. The van der Waals surface area contributed by atoms with Gasteiger partial charge < -0.3 is 9.67 Å². The lowest BCUT2D eigenvalue weighted by Crippen LogP contribution is -2.04. The number of rotatable bonds is 6. The molecule has 0 aliphatic heterocycles. The molecule has 0 saturated carbocycles. The van der Waals surface area contributed by atoms with Crippen LogP contribution in [0.15, 0.2) is 52.6 Å². The SMILES string of the molecule is Cc1c(CO)c(C(C)C)c(Sc2cc(Cl)ccc2Cl)n1Cc1ccncc1. The molecule has 1 aromatic carbocycles. The van der Waals surface area contributed by atoms with Crippen molar-refractivity contribution in [3.05, 3.63) is 75.2 Å². The lowest BCUT2D eigenvalue weighted by Gasteiger charge is -2.15. The van der Waals surface area contributed by atoms with Gasteiger partial charge in [-0.05, 0) is 54.3 Å². The van der Waals surface area contributed by atoms with E-state index < -0.39 is 0 Å². The van der Waals surface area contributed by atoms with E-state index in [1.165, 1.54) is 0 Å². The zero-order chi connectivity index (χ0) is 19.6. The highest BCUT2D eigenvalue weighted by Gasteiger charge is 2.23. The van der Waals surface area contributed by atoms with Crippen LogP contribution in [0.1, 0.15) is 42.1 Å². The Bertz CT molecular complexity index is 939. The molecule has 0 spiro atoms. The standard InChI is InChI=1S/C21H22Cl2N2OS/c1-13(2)20-17(12-26)14(3)25(11-15-6-8-24-9-7-15)21(20)27-19-10-16(22)4-5-18(19)23/h4-10,13,26H,11-12H2,1-3H3. The summed E-state index contributed by atoms with van der Waals surface area (Å²) in [4.78, 5) is 5.01. The Morgan fingerprint density at radius 2 is 1.85 bits per heavy atom. The van der Waals surface area contributed by atoms with Gasteiger partial charge in [-0.3, -0.25) is 4.98 Å². The Morgan fingerprint density at radius 3 is 2.48 bits per heavy atom. The minimum Gasteiger partial charge on any atom is -0.392 e. The first-order valence-electron chi connectivity index (χ1n) is 8.76. The van der Waals surface area contributed by atoms with Crippen LogP contribution in [0.3, 0.4) is 0 Å². The van der Waals surface area contributed by atoms with Crippen LogP contribution < -0.4 is 0 Å². The zero-order valence-corrected chi connectivity index (χ0v) is 17.9. The van der Waals surface area contributed by atoms with Gasteiger partial charge in [0.15, 0.2) is 0 Å². The molecule has 0 aliphatic rings. The summed E-state index contributed by atoms with van der Waals surface area (Å²) in [5.41, 5.74) is 4.37. The number of halogens is 2. The van der Waals surface area contributed by atoms with Gasteiger partial charge in [0.2, 0.25) is 0 Å². The molecule has 3 rings (SSSR count). The van der Waals surface area contributed by atoms with Crippen LogP contribution in [0.5, 0.6) is 0 Å². The summed E-state index contributed by atoms with van der Waals surface area (Å²) < 4.78 is 2.25. The van der Waals surface area contributed by atoms with E-state index in [1.54, 1.807) is 30.2 Å². The van der Waals surface area contributed by atoms with Crippen LogP contribution in [-0.2, 0) is 13.2 Å². The van der Waals surface area contributed by atoms with Gasteiger partial charge >= 0.3 is 0 Å². The van der Waals surface area contributed by atoms with Crippen molar-refractivity contribution in [1.82, 2.24) is 9.55 Å². The minimum atomic E-state index is 0.0134. The van der Waals surface area contributed by atoms with E-state index >= 15 is 0 Å². The summed E-state index contributed by atoms with van der Waals surface area (Å²) in [6.45, 7) is 7.07. The molecule has 142 valence electrons. The maximum atomic E-state index is 10.0. The van der Waals surface area contributed by atoms with E-state index in [0.717, 1.165) is 32.3 Å². The Labute approximate surface area is 174 Å². The first kappa shape index (κ1) is 20.3. The Morgan fingerprint density at radius 1 is 1.15 bits per heavy atom. The number of hydrogen-bond acceptors (Lipinski definition) is 3. The molecule has 6 heteroatoms. The maximum Gasteiger partial charge on any atom is 0.0841 e. The van der Waals surface area contributed by atoms with Crippen LogP contribution in [0, 0.1) is 6.92 Å². The summed E-state index contributed by atoms with van der Waals surface area (Å²) in [5, 5.41) is 12.4. The van der Waals surface area contributed by atoms with Crippen molar-refractivity contribution in [3.63, 3.8) is 0 Å². The summed E-state index contributed by atoms with van der Waals surface area (Å²) in [6, 6.07) is 9.51. The lowest BCUT2D eigenvalue weighted by molar-refractivity contribution is 0.279. The molecule has 3 aromatic rings. The van der Waals surface area contributed by atoms with Crippen LogP contribution >= 0.6 is 35.0 Å². The van der Waals surface area contributed by atoms with E-state index in [4.69, 9.17) is 23.2 Å². The highest BCUT2D eigenvalue weighted by atomic mass is 35.5. The molecule has 0 fully saturated rings. The van der Waals surface area contributed by atoms with Crippen molar-refractivity contribution >= 4 is 35.0 Å². The molecule has 0 atom stereocenters. The van der Waals surface area contributed by atoms with Gasteiger partial charge in [-0.15, -0.1) is 0 Å². The molecule has 0 unspecified atom stereocenters. The fraction of sp³-hybridized carbons (Fsp3) is 0.286. The Balaban J connectivity index is 2.15. The number of hydrogen-bond donors (Lipinski definition) is 1. The third-order valence-corrected chi connectivity index (χ3v) is 6.44. The molecule has 1 N–H and O–H groups in total. The van der Waals surface area contributed by atoms with Gasteiger partial charge in [0.05, 0.1) is 16.7 Å². The van der Waals surface area contributed by atoms with Gasteiger partial charge in [-0.1, -0.05) is 48.8 Å².